The summed E-state index contributed by atoms with van der Waals surface area (Å²) in [7, 11) is 0. The monoisotopic (exact) mass is 245 g/mol. The molecule has 0 amide bonds. The zero-order chi connectivity index (χ0) is 11.8. The summed E-state index contributed by atoms with van der Waals surface area (Å²) in [6.07, 6.45) is 3.29. The fraction of sp³-hybridized carbons (Fsp3) is 0. The van der Waals surface area contributed by atoms with Crippen LogP contribution >= 0.6 is 11.6 Å². The minimum Gasteiger partial charge on any atom is -0.268 e. The minimum absolute atomic E-state index is 0.116. The van der Waals surface area contributed by atoms with Crippen molar-refractivity contribution in [3.63, 3.8) is 0 Å². The molecule has 0 bridgehead atoms. The molecule has 1 aromatic carbocycles. The number of pyridine rings is 1. The molecule has 0 atom stereocenters. The van der Waals surface area contributed by atoms with Gasteiger partial charge in [-0.05, 0) is 18.2 Å². The fourth-order valence-electron chi connectivity index (χ4n) is 1.81. The number of benzene rings is 1. The lowest BCUT2D eigenvalue weighted by atomic mass is 10.2. The number of H-pyrrole nitrogens is 1. The quantitative estimate of drug-likeness (QED) is 0.716. The van der Waals surface area contributed by atoms with E-state index in [0.717, 1.165) is 5.39 Å². The van der Waals surface area contributed by atoms with Gasteiger partial charge in [0, 0.05) is 28.1 Å². The van der Waals surface area contributed by atoms with E-state index in [1.807, 2.05) is 6.07 Å². The summed E-state index contributed by atoms with van der Waals surface area (Å²) < 4.78 is 1.51. The van der Waals surface area contributed by atoms with Crippen LogP contribution in [0.5, 0.6) is 0 Å². The predicted molar refractivity (Wildman–Crippen MR) is 66.7 cm³/mol. The Bertz CT molecular complexity index is 731. The van der Waals surface area contributed by atoms with E-state index in [1.165, 1.54) is 4.57 Å². The van der Waals surface area contributed by atoms with Crippen molar-refractivity contribution in [3.8, 4) is 5.82 Å². The summed E-state index contributed by atoms with van der Waals surface area (Å²) in [6, 6.07) is 8.85. The number of nitrogens with one attached hydrogen (secondary N) is 1. The predicted octanol–water partition coefficient (Wildman–Crippen LogP) is 2.37. The molecule has 0 spiro atoms. The second-order valence-electron chi connectivity index (χ2n) is 3.63. The topological polar surface area (TPSA) is 50.7 Å². The summed E-state index contributed by atoms with van der Waals surface area (Å²) in [5.41, 5.74) is -0.116. The Balaban J connectivity index is 2.38. The molecule has 0 saturated carbocycles. The zero-order valence-corrected chi connectivity index (χ0v) is 9.48. The van der Waals surface area contributed by atoms with Crippen molar-refractivity contribution in [1.82, 2.24) is 14.8 Å². The number of halogens is 1. The van der Waals surface area contributed by atoms with Crippen LogP contribution in [0.3, 0.4) is 0 Å². The van der Waals surface area contributed by atoms with Crippen LogP contribution in [0.1, 0.15) is 0 Å². The Kier molecular flexibility index (Phi) is 2.23. The Morgan fingerprint density at radius 1 is 1.18 bits per heavy atom. The summed E-state index contributed by atoms with van der Waals surface area (Å²) in [4.78, 5) is 12.2. The highest BCUT2D eigenvalue weighted by Crippen LogP contribution is 2.20. The molecule has 0 aliphatic carbocycles. The molecular weight excluding hydrogens is 238 g/mol. The number of rotatable bonds is 1. The van der Waals surface area contributed by atoms with Crippen LogP contribution in [0.25, 0.3) is 16.6 Å². The van der Waals surface area contributed by atoms with E-state index in [-0.39, 0.29) is 5.56 Å². The largest absolute Gasteiger partial charge is 0.268 e. The maximum atomic E-state index is 12.2. The highest BCUT2D eigenvalue weighted by molar-refractivity contribution is 6.35. The van der Waals surface area contributed by atoms with Crippen molar-refractivity contribution in [2.75, 3.05) is 0 Å². The van der Waals surface area contributed by atoms with Gasteiger partial charge in [0.25, 0.3) is 5.56 Å². The maximum Gasteiger partial charge on any atom is 0.264 e. The third kappa shape index (κ3) is 1.54. The zero-order valence-electron chi connectivity index (χ0n) is 8.72. The minimum atomic E-state index is -0.116. The first-order valence-corrected chi connectivity index (χ1v) is 5.45. The Hall–Kier alpha value is -2.07. The molecule has 4 nitrogen and oxygen atoms in total. The van der Waals surface area contributed by atoms with E-state index in [1.54, 1.807) is 36.7 Å². The van der Waals surface area contributed by atoms with Gasteiger partial charge in [0.1, 0.15) is 5.82 Å². The fourth-order valence-corrected chi connectivity index (χ4v) is 2.05. The third-order valence-corrected chi connectivity index (χ3v) is 2.97. The van der Waals surface area contributed by atoms with Crippen molar-refractivity contribution in [2.45, 2.75) is 0 Å². The number of nitrogens with zero attached hydrogens (tertiary/aromatic N) is 2. The molecule has 17 heavy (non-hydrogen) atoms. The van der Waals surface area contributed by atoms with E-state index in [2.05, 4.69) is 10.2 Å². The summed E-state index contributed by atoms with van der Waals surface area (Å²) in [5, 5.41) is 8.51. The second-order valence-corrected chi connectivity index (χ2v) is 4.04. The lowest BCUT2D eigenvalue weighted by Gasteiger charge is -2.05. The number of hydrogen-bond acceptors (Lipinski definition) is 2. The van der Waals surface area contributed by atoms with E-state index < -0.39 is 0 Å². The number of fused-ring (bicyclic) bond motifs is 1. The van der Waals surface area contributed by atoms with Gasteiger partial charge < -0.3 is 0 Å². The van der Waals surface area contributed by atoms with Crippen LogP contribution in [-0.4, -0.2) is 14.8 Å². The number of hydrogen-bond donors (Lipinski definition) is 1. The molecule has 1 N–H and O–H groups in total. The van der Waals surface area contributed by atoms with E-state index in [9.17, 15) is 4.79 Å². The van der Waals surface area contributed by atoms with Gasteiger partial charge in [0.2, 0.25) is 0 Å². The van der Waals surface area contributed by atoms with E-state index in [0.29, 0.717) is 16.2 Å². The second kappa shape index (κ2) is 3.75. The molecule has 0 radical (unpaired) electrons. The SMILES string of the molecule is O=c1c2cccc(Cl)c2ccn1-c1ccn[nH]1. The van der Waals surface area contributed by atoms with Crippen molar-refractivity contribution < 1.29 is 0 Å². The number of aromatic nitrogens is 3. The van der Waals surface area contributed by atoms with Crippen LogP contribution < -0.4 is 5.56 Å². The average Bonchev–Trinajstić information content (AvgIpc) is 2.84. The van der Waals surface area contributed by atoms with Crippen molar-refractivity contribution >= 4 is 22.4 Å². The molecule has 0 aliphatic rings. The first-order chi connectivity index (χ1) is 8.27. The van der Waals surface area contributed by atoms with Gasteiger partial charge >= 0.3 is 0 Å². The van der Waals surface area contributed by atoms with Crippen LogP contribution in [0.4, 0.5) is 0 Å². The Morgan fingerprint density at radius 3 is 2.82 bits per heavy atom. The van der Waals surface area contributed by atoms with Crippen molar-refractivity contribution in [3.05, 3.63) is 58.1 Å². The van der Waals surface area contributed by atoms with Crippen LogP contribution in [0.2, 0.25) is 5.02 Å². The molecule has 0 unspecified atom stereocenters. The number of aromatic amines is 1. The van der Waals surface area contributed by atoms with Crippen LogP contribution in [0, 0.1) is 0 Å². The molecule has 0 saturated heterocycles. The molecule has 0 aliphatic heterocycles. The van der Waals surface area contributed by atoms with Gasteiger partial charge in [-0.3, -0.25) is 14.5 Å². The summed E-state index contributed by atoms with van der Waals surface area (Å²) in [5.74, 6) is 0.636. The standard InChI is InChI=1S/C12H8ClN3O/c13-10-3-1-2-9-8(10)5-7-16(12(9)17)11-4-6-14-15-11/h1-7H,(H,14,15). The average molecular weight is 246 g/mol. The highest BCUT2D eigenvalue weighted by Gasteiger charge is 2.06. The van der Waals surface area contributed by atoms with Crippen LogP contribution in [-0.2, 0) is 0 Å². The molecule has 0 fully saturated rings. The smallest absolute Gasteiger partial charge is 0.264 e. The molecule has 3 rings (SSSR count). The highest BCUT2D eigenvalue weighted by atomic mass is 35.5. The Labute approximate surface area is 101 Å². The Morgan fingerprint density at radius 2 is 2.06 bits per heavy atom. The molecule has 84 valence electrons. The van der Waals surface area contributed by atoms with Gasteiger partial charge in [0.05, 0.1) is 6.20 Å². The van der Waals surface area contributed by atoms with Gasteiger partial charge in [-0.25, -0.2) is 0 Å². The molecule has 2 heterocycles. The van der Waals surface area contributed by atoms with Gasteiger partial charge in [-0.15, -0.1) is 0 Å². The molecule has 3 aromatic rings. The molecule has 2 aromatic heterocycles. The first kappa shape index (κ1) is 10.1. The normalized spacial score (nSPS) is 10.9. The molecule has 5 heteroatoms. The van der Waals surface area contributed by atoms with E-state index >= 15 is 0 Å². The first-order valence-electron chi connectivity index (χ1n) is 5.07. The van der Waals surface area contributed by atoms with Gasteiger partial charge in [-0.2, -0.15) is 5.10 Å². The maximum absolute atomic E-state index is 12.2. The van der Waals surface area contributed by atoms with E-state index in [4.69, 9.17) is 11.6 Å². The molecular formula is C12H8ClN3O. The summed E-state index contributed by atoms with van der Waals surface area (Å²) >= 11 is 6.04. The lowest BCUT2D eigenvalue weighted by molar-refractivity contribution is 0.927. The van der Waals surface area contributed by atoms with Crippen LogP contribution in [0.15, 0.2) is 47.5 Å². The van der Waals surface area contributed by atoms with Crippen molar-refractivity contribution in [1.29, 1.82) is 0 Å². The summed E-state index contributed by atoms with van der Waals surface area (Å²) in [6.45, 7) is 0. The third-order valence-electron chi connectivity index (χ3n) is 2.64. The lowest BCUT2D eigenvalue weighted by Crippen LogP contribution is -2.17. The van der Waals surface area contributed by atoms with Gasteiger partial charge in [0.15, 0.2) is 0 Å². The van der Waals surface area contributed by atoms with Gasteiger partial charge in [-0.1, -0.05) is 17.7 Å². The van der Waals surface area contributed by atoms with Crippen molar-refractivity contribution in [2.24, 2.45) is 0 Å².